The zero-order valence-electron chi connectivity index (χ0n) is 12.2. The molecule has 0 saturated heterocycles. The summed E-state index contributed by atoms with van der Waals surface area (Å²) in [4.78, 5) is 16.1. The minimum atomic E-state index is -0.359. The first-order valence-corrected chi connectivity index (χ1v) is 6.64. The maximum absolute atomic E-state index is 13.0. The Kier molecular flexibility index (Phi) is 5.96. The van der Waals surface area contributed by atoms with E-state index in [0.29, 0.717) is 0 Å². The molecule has 1 aromatic carbocycles. The normalized spacial score (nSPS) is 12.5. The van der Waals surface area contributed by atoms with Gasteiger partial charge < -0.3 is 4.90 Å². The summed E-state index contributed by atoms with van der Waals surface area (Å²) in [5.41, 5.74) is 0.819. The number of carbonyl (C=O) groups excluding carboxylic acids is 1. The summed E-state index contributed by atoms with van der Waals surface area (Å²) in [5.74, 6) is -0.238. The molecule has 3 nitrogen and oxygen atoms in total. The number of likely N-dealkylation sites (N-methyl/N-ethyl adjacent to an activating group) is 2. The minimum absolute atomic E-state index is 0.0464. The number of rotatable bonds is 6. The maximum Gasteiger partial charge on any atom is 0.244 e. The van der Waals surface area contributed by atoms with Crippen LogP contribution in [0.2, 0.25) is 0 Å². The van der Waals surface area contributed by atoms with Gasteiger partial charge in [0.05, 0.1) is 0 Å². The Morgan fingerprint density at radius 1 is 1.21 bits per heavy atom. The van der Waals surface area contributed by atoms with E-state index < -0.39 is 0 Å². The molecule has 0 N–H and O–H groups in total. The van der Waals surface area contributed by atoms with E-state index in [4.69, 9.17) is 0 Å². The number of carbonyl (C=O) groups is 1. The van der Waals surface area contributed by atoms with Crippen LogP contribution in [0.4, 0.5) is 4.39 Å². The van der Waals surface area contributed by atoms with Gasteiger partial charge in [0.2, 0.25) is 5.91 Å². The van der Waals surface area contributed by atoms with E-state index in [1.807, 2.05) is 26.0 Å². The molecule has 1 amide bonds. The Morgan fingerprint density at radius 2 is 1.79 bits per heavy atom. The average Bonchev–Trinajstić information content (AvgIpc) is 2.38. The lowest BCUT2D eigenvalue weighted by atomic mass is 10.0. The summed E-state index contributed by atoms with van der Waals surface area (Å²) in [7, 11) is 5.54. The first kappa shape index (κ1) is 15.6. The molecule has 0 fully saturated rings. The van der Waals surface area contributed by atoms with Gasteiger partial charge in [0.15, 0.2) is 0 Å². The molecule has 0 heterocycles. The fourth-order valence-corrected chi connectivity index (χ4v) is 2.02. The molecule has 106 valence electrons. The van der Waals surface area contributed by atoms with Gasteiger partial charge >= 0.3 is 0 Å². The second kappa shape index (κ2) is 7.24. The third-order valence-corrected chi connectivity index (χ3v) is 3.16. The highest BCUT2D eigenvalue weighted by Crippen LogP contribution is 2.21. The van der Waals surface area contributed by atoms with Crippen molar-refractivity contribution in [3.63, 3.8) is 0 Å². The van der Waals surface area contributed by atoms with E-state index in [2.05, 4.69) is 6.92 Å². The predicted molar refractivity (Wildman–Crippen MR) is 75.4 cm³/mol. The lowest BCUT2D eigenvalue weighted by Gasteiger charge is -2.28. The highest BCUT2D eigenvalue weighted by Gasteiger charge is 2.25. The topological polar surface area (TPSA) is 23.6 Å². The molecule has 19 heavy (non-hydrogen) atoms. The van der Waals surface area contributed by atoms with Crippen molar-refractivity contribution in [3.05, 3.63) is 35.6 Å². The Morgan fingerprint density at radius 3 is 2.26 bits per heavy atom. The van der Waals surface area contributed by atoms with Gasteiger partial charge in [-0.15, -0.1) is 0 Å². The molecular formula is C15H23FN2O. The van der Waals surface area contributed by atoms with Crippen molar-refractivity contribution in [1.29, 1.82) is 0 Å². The molecule has 0 unspecified atom stereocenters. The number of nitrogens with zero attached hydrogens (tertiary/aromatic N) is 2. The van der Waals surface area contributed by atoms with Crippen LogP contribution in [0.1, 0.15) is 31.4 Å². The Bertz CT molecular complexity index is 403. The van der Waals surface area contributed by atoms with E-state index >= 15 is 0 Å². The highest BCUT2D eigenvalue weighted by molar-refractivity contribution is 5.83. The third-order valence-electron chi connectivity index (χ3n) is 3.16. The predicted octanol–water partition coefficient (Wildman–Crippen LogP) is 2.69. The molecule has 1 aromatic rings. The monoisotopic (exact) mass is 266 g/mol. The maximum atomic E-state index is 13.0. The highest BCUT2D eigenvalue weighted by atomic mass is 19.1. The van der Waals surface area contributed by atoms with Crippen LogP contribution in [-0.4, -0.2) is 43.4 Å². The van der Waals surface area contributed by atoms with Gasteiger partial charge in [-0.25, -0.2) is 4.39 Å². The zero-order valence-corrected chi connectivity index (χ0v) is 12.2. The van der Waals surface area contributed by atoms with Crippen LogP contribution in [0, 0.1) is 5.82 Å². The number of halogens is 1. The molecule has 4 heteroatoms. The molecule has 0 bridgehead atoms. The van der Waals surface area contributed by atoms with Crippen LogP contribution in [0.15, 0.2) is 24.3 Å². The first-order valence-electron chi connectivity index (χ1n) is 6.64. The second-order valence-corrected chi connectivity index (χ2v) is 5.03. The Hall–Kier alpha value is -1.42. The summed E-state index contributed by atoms with van der Waals surface area (Å²) in [5, 5.41) is 0. The lowest BCUT2D eigenvalue weighted by molar-refractivity contribution is -0.135. The third kappa shape index (κ3) is 4.31. The van der Waals surface area contributed by atoms with Gasteiger partial charge in [-0.3, -0.25) is 9.69 Å². The minimum Gasteiger partial charge on any atom is -0.344 e. The summed E-state index contributed by atoms with van der Waals surface area (Å²) in [6.07, 6.45) is 2.05. The SMILES string of the molecule is CCCCN(C)C(=O)[C@H](c1ccc(F)cc1)N(C)C. The summed E-state index contributed by atoms with van der Waals surface area (Å²) in [6.45, 7) is 2.85. The van der Waals surface area contributed by atoms with Crippen molar-refractivity contribution in [1.82, 2.24) is 9.80 Å². The fraction of sp³-hybridized carbons (Fsp3) is 0.533. The molecule has 0 radical (unpaired) electrons. The lowest BCUT2D eigenvalue weighted by Crippen LogP contribution is -2.38. The van der Waals surface area contributed by atoms with Crippen molar-refractivity contribution < 1.29 is 9.18 Å². The van der Waals surface area contributed by atoms with Crippen molar-refractivity contribution in [3.8, 4) is 0 Å². The van der Waals surface area contributed by atoms with Crippen molar-refractivity contribution >= 4 is 5.91 Å². The fourth-order valence-electron chi connectivity index (χ4n) is 2.02. The molecule has 0 spiro atoms. The number of hydrogen-bond acceptors (Lipinski definition) is 2. The zero-order chi connectivity index (χ0) is 14.4. The second-order valence-electron chi connectivity index (χ2n) is 5.03. The van der Waals surface area contributed by atoms with Crippen LogP contribution < -0.4 is 0 Å². The average molecular weight is 266 g/mol. The van der Waals surface area contributed by atoms with Gasteiger partial charge in [-0.1, -0.05) is 25.5 Å². The standard InChI is InChI=1S/C15H23FN2O/c1-5-6-11-18(4)15(19)14(17(2)3)12-7-9-13(16)10-8-12/h7-10,14H,5-6,11H2,1-4H3/t14-/m0/s1. The first-order chi connectivity index (χ1) is 8.97. The molecule has 0 aliphatic heterocycles. The van der Waals surface area contributed by atoms with E-state index in [0.717, 1.165) is 24.9 Å². The molecule has 1 atom stereocenters. The number of benzene rings is 1. The molecular weight excluding hydrogens is 243 g/mol. The summed E-state index contributed by atoms with van der Waals surface area (Å²) >= 11 is 0. The van der Waals surface area contributed by atoms with Crippen molar-refractivity contribution in [2.24, 2.45) is 0 Å². The van der Waals surface area contributed by atoms with Gasteiger partial charge in [0.25, 0.3) is 0 Å². The number of unbranched alkanes of at least 4 members (excludes halogenated alkanes) is 1. The van der Waals surface area contributed by atoms with Gasteiger partial charge in [0, 0.05) is 13.6 Å². The Balaban J connectivity index is 2.88. The van der Waals surface area contributed by atoms with Crippen LogP contribution in [0.3, 0.4) is 0 Å². The number of hydrogen-bond donors (Lipinski definition) is 0. The number of amides is 1. The van der Waals surface area contributed by atoms with Crippen molar-refractivity contribution in [2.45, 2.75) is 25.8 Å². The molecule has 1 rings (SSSR count). The Labute approximate surface area is 115 Å². The van der Waals surface area contributed by atoms with Crippen LogP contribution >= 0.6 is 0 Å². The van der Waals surface area contributed by atoms with E-state index in [-0.39, 0.29) is 17.8 Å². The van der Waals surface area contributed by atoms with E-state index in [9.17, 15) is 9.18 Å². The van der Waals surface area contributed by atoms with Gasteiger partial charge in [-0.2, -0.15) is 0 Å². The molecule has 0 aliphatic carbocycles. The largest absolute Gasteiger partial charge is 0.344 e. The molecule has 0 aromatic heterocycles. The smallest absolute Gasteiger partial charge is 0.244 e. The van der Waals surface area contributed by atoms with E-state index in [1.54, 1.807) is 17.0 Å². The van der Waals surface area contributed by atoms with Crippen molar-refractivity contribution in [2.75, 3.05) is 27.7 Å². The quantitative estimate of drug-likeness (QED) is 0.790. The van der Waals surface area contributed by atoms with Gasteiger partial charge in [0.1, 0.15) is 11.9 Å². The van der Waals surface area contributed by atoms with E-state index in [1.165, 1.54) is 12.1 Å². The van der Waals surface area contributed by atoms with Crippen LogP contribution in [-0.2, 0) is 4.79 Å². The summed E-state index contributed by atoms with van der Waals surface area (Å²) < 4.78 is 13.0. The molecule has 0 aliphatic rings. The summed E-state index contributed by atoms with van der Waals surface area (Å²) in [6, 6.07) is 5.77. The van der Waals surface area contributed by atoms with Crippen LogP contribution in [0.25, 0.3) is 0 Å². The van der Waals surface area contributed by atoms with Gasteiger partial charge in [-0.05, 0) is 38.2 Å². The molecule has 0 saturated carbocycles. The van der Waals surface area contributed by atoms with Crippen LogP contribution in [0.5, 0.6) is 0 Å².